The molecule has 0 unspecified atom stereocenters. The molecule has 184 valence electrons. The van der Waals surface area contributed by atoms with Crippen LogP contribution in [0.25, 0.3) is 0 Å². The Kier molecular flexibility index (Phi) is 7.66. The van der Waals surface area contributed by atoms with Gasteiger partial charge >= 0.3 is 6.18 Å². The monoisotopic (exact) mass is 521 g/mol. The number of nitriles is 1. The van der Waals surface area contributed by atoms with Gasteiger partial charge in [0.25, 0.3) is 0 Å². The van der Waals surface area contributed by atoms with Gasteiger partial charge < -0.3 is 14.6 Å². The standard InChI is InChI=1S/C23H22F3N5O2S2/c1-2-31-19(12-33-15-7-5-6-14(10-15)23(24,25)26)29-30-22(31)34-13-20(32)28-21-17(11-27)16-8-3-4-9-18(16)35-21/h5-7,10H,2-4,8-9,12-13H2,1H3,(H,28,32). The van der Waals surface area contributed by atoms with Crippen LogP contribution >= 0.6 is 23.1 Å². The molecule has 1 amide bonds. The lowest BCUT2D eigenvalue weighted by molar-refractivity contribution is -0.137. The third kappa shape index (κ3) is 5.79. The van der Waals surface area contributed by atoms with E-state index in [4.69, 9.17) is 4.74 Å². The van der Waals surface area contributed by atoms with Crippen LogP contribution in [0.1, 0.15) is 47.2 Å². The summed E-state index contributed by atoms with van der Waals surface area (Å²) in [6.45, 7) is 2.30. The van der Waals surface area contributed by atoms with Gasteiger partial charge in [-0.15, -0.1) is 21.5 Å². The highest BCUT2D eigenvalue weighted by Gasteiger charge is 2.30. The number of aromatic nitrogens is 3. The zero-order valence-electron chi connectivity index (χ0n) is 18.8. The minimum atomic E-state index is -4.45. The number of nitrogens with zero attached hydrogens (tertiary/aromatic N) is 4. The van der Waals surface area contributed by atoms with Crippen molar-refractivity contribution < 1.29 is 22.7 Å². The quantitative estimate of drug-likeness (QED) is 0.397. The Morgan fingerprint density at radius 1 is 1.31 bits per heavy atom. The number of thiophene rings is 1. The Morgan fingerprint density at radius 3 is 2.86 bits per heavy atom. The lowest BCUT2D eigenvalue weighted by Crippen LogP contribution is -2.15. The van der Waals surface area contributed by atoms with Crippen LogP contribution in [0.4, 0.5) is 18.2 Å². The van der Waals surface area contributed by atoms with E-state index >= 15 is 0 Å². The second-order valence-electron chi connectivity index (χ2n) is 7.82. The molecular formula is C23H22F3N5O2S2. The van der Waals surface area contributed by atoms with E-state index < -0.39 is 11.7 Å². The maximum atomic E-state index is 12.9. The second-order valence-corrected chi connectivity index (χ2v) is 9.87. The lowest BCUT2D eigenvalue weighted by atomic mass is 9.96. The van der Waals surface area contributed by atoms with Gasteiger partial charge in [0.2, 0.25) is 5.91 Å². The molecule has 12 heteroatoms. The number of benzene rings is 1. The summed E-state index contributed by atoms with van der Waals surface area (Å²) in [5, 5.41) is 21.7. The molecule has 0 saturated carbocycles. The van der Waals surface area contributed by atoms with Crippen molar-refractivity contribution in [2.45, 2.75) is 57.1 Å². The van der Waals surface area contributed by atoms with E-state index in [9.17, 15) is 23.2 Å². The number of anilines is 1. The Balaban J connectivity index is 1.37. The molecule has 0 aliphatic heterocycles. The normalized spacial score (nSPS) is 13.2. The van der Waals surface area contributed by atoms with E-state index in [1.54, 1.807) is 4.57 Å². The van der Waals surface area contributed by atoms with Crippen LogP contribution in [0.5, 0.6) is 5.75 Å². The van der Waals surface area contributed by atoms with Crippen LogP contribution in [-0.4, -0.2) is 26.4 Å². The molecular weight excluding hydrogens is 499 g/mol. The van der Waals surface area contributed by atoms with Crippen LogP contribution in [0.2, 0.25) is 0 Å². The fourth-order valence-electron chi connectivity index (χ4n) is 3.83. The molecule has 1 aliphatic carbocycles. The number of thioether (sulfide) groups is 1. The van der Waals surface area contributed by atoms with Gasteiger partial charge in [0.05, 0.1) is 16.9 Å². The summed E-state index contributed by atoms with van der Waals surface area (Å²) < 4.78 is 46.0. The predicted molar refractivity (Wildman–Crippen MR) is 127 cm³/mol. The number of carbonyl (C=O) groups is 1. The largest absolute Gasteiger partial charge is 0.486 e. The highest BCUT2D eigenvalue weighted by molar-refractivity contribution is 7.99. The first kappa shape index (κ1) is 25.1. The Hall–Kier alpha value is -3.04. The van der Waals surface area contributed by atoms with Gasteiger partial charge in [-0.05, 0) is 56.4 Å². The highest BCUT2D eigenvalue weighted by Crippen LogP contribution is 2.37. The molecule has 1 N–H and O–H groups in total. The number of aryl methyl sites for hydroxylation is 1. The number of ether oxygens (including phenoxy) is 1. The molecule has 3 aromatic rings. The molecule has 0 spiro atoms. The number of halogens is 3. The number of rotatable bonds is 8. The zero-order chi connectivity index (χ0) is 25.0. The number of amides is 1. The third-order valence-corrected chi connectivity index (χ3v) is 7.68. The maximum Gasteiger partial charge on any atom is 0.416 e. The number of carbonyl (C=O) groups excluding carboxylic acids is 1. The first-order chi connectivity index (χ1) is 16.8. The van der Waals surface area contributed by atoms with Crippen molar-refractivity contribution in [2.24, 2.45) is 0 Å². The number of hydrogen-bond acceptors (Lipinski definition) is 7. The minimum absolute atomic E-state index is 0.0683. The molecule has 1 aromatic carbocycles. The summed E-state index contributed by atoms with van der Waals surface area (Å²) in [6, 6.07) is 6.87. The van der Waals surface area contributed by atoms with Gasteiger partial charge in [0, 0.05) is 11.4 Å². The first-order valence-electron chi connectivity index (χ1n) is 11.0. The minimum Gasteiger partial charge on any atom is -0.486 e. The molecule has 4 rings (SSSR count). The van der Waals surface area contributed by atoms with Crippen molar-refractivity contribution in [2.75, 3.05) is 11.1 Å². The topological polar surface area (TPSA) is 92.8 Å². The molecule has 2 heterocycles. The summed E-state index contributed by atoms with van der Waals surface area (Å²) in [6.07, 6.45) is -0.513. The van der Waals surface area contributed by atoms with E-state index in [-0.39, 0.29) is 24.0 Å². The highest BCUT2D eigenvalue weighted by atomic mass is 32.2. The molecule has 0 saturated heterocycles. The average Bonchev–Trinajstić information content (AvgIpc) is 3.40. The van der Waals surface area contributed by atoms with Crippen molar-refractivity contribution in [3.8, 4) is 11.8 Å². The van der Waals surface area contributed by atoms with Crippen LogP contribution in [0, 0.1) is 11.3 Å². The maximum absolute atomic E-state index is 12.9. The summed E-state index contributed by atoms with van der Waals surface area (Å²) in [5.74, 6) is 0.328. The number of hydrogen-bond donors (Lipinski definition) is 1. The molecule has 0 atom stereocenters. The van der Waals surface area contributed by atoms with Gasteiger partial charge in [0.15, 0.2) is 11.0 Å². The van der Waals surface area contributed by atoms with Gasteiger partial charge in [-0.1, -0.05) is 17.8 Å². The first-order valence-corrected chi connectivity index (χ1v) is 12.8. The van der Waals surface area contributed by atoms with E-state index in [1.165, 1.54) is 40.1 Å². The van der Waals surface area contributed by atoms with Crippen molar-refractivity contribution in [3.05, 3.63) is 51.7 Å². The average molecular weight is 522 g/mol. The molecule has 1 aliphatic rings. The van der Waals surface area contributed by atoms with E-state index in [2.05, 4.69) is 21.6 Å². The lowest BCUT2D eigenvalue weighted by Gasteiger charge is -2.11. The second kappa shape index (κ2) is 10.7. The van der Waals surface area contributed by atoms with Crippen molar-refractivity contribution in [1.29, 1.82) is 5.26 Å². The number of fused-ring (bicyclic) bond motifs is 1. The fourth-order valence-corrected chi connectivity index (χ4v) is 5.90. The van der Waals surface area contributed by atoms with E-state index in [0.717, 1.165) is 43.4 Å². The summed E-state index contributed by atoms with van der Waals surface area (Å²) in [7, 11) is 0. The third-order valence-electron chi connectivity index (χ3n) is 5.51. The summed E-state index contributed by atoms with van der Waals surface area (Å²) >= 11 is 2.66. The smallest absolute Gasteiger partial charge is 0.416 e. The molecule has 0 radical (unpaired) electrons. The van der Waals surface area contributed by atoms with E-state index in [0.29, 0.717) is 28.1 Å². The molecule has 7 nitrogen and oxygen atoms in total. The van der Waals surface area contributed by atoms with Crippen LogP contribution < -0.4 is 10.1 Å². The van der Waals surface area contributed by atoms with Crippen molar-refractivity contribution in [3.63, 3.8) is 0 Å². The van der Waals surface area contributed by atoms with Gasteiger partial charge in [-0.3, -0.25) is 4.79 Å². The Morgan fingerprint density at radius 2 is 2.11 bits per heavy atom. The molecule has 0 fully saturated rings. The summed E-state index contributed by atoms with van der Waals surface area (Å²) in [4.78, 5) is 13.8. The van der Waals surface area contributed by atoms with Gasteiger partial charge in [0.1, 0.15) is 23.4 Å². The van der Waals surface area contributed by atoms with Crippen molar-refractivity contribution >= 4 is 34.0 Å². The summed E-state index contributed by atoms with van der Waals surface area (Å²) in [5.41, 5.74) is 0.831. The van der Waals surface area contributed by atoms with Gasteiger partial charge in [-0.25, -0.2) is 0 Å². The molecule has 0 bridgehead atoms. The SMILES string of the molecule is CCn1c(COc2cccc(C(F)(F)F)c2)nnc1SCC(=O)Nc1sc2c(c1C#N)CCCC2. The van der Waals surface area contributed by atoms with Crippen molar-refractivity contribution in [1.82, 2.24) is 14.8 Å². The van der Waals surface area contributed by atoms with Crippen LogP contribution in [0.15, 0.2) is 29.4 Å². The van der Waals surface area contributed by atoms with Crippen LogP contribution in [0.3, 0.4) is 0 Å². The van der Waals surface area contributed by atoms with E-state index in [1.807, 2.05) is 6.92 Å². The fraction of sp³-hybridized carbons (Fsp3) is 0.391. The predicted octanol–water partition coefficient (Wildman–Crippen LogP) is 5.44. The number of nitrogens with one attached hydrogen (secondary N) is 1. The zero-order valence-corrected chi connectivity index (χ0v) is 20.4. The Bertz CT molecular complexity index is 1260. The van der Waals surface area contributed by atoms with Gasteiger partial charge in [-0.2, -0.15) is 18.4 Å². The molecule has 2 aromatic heterocycles. The Labute approximate surface area is 208 Å². The number of alkyl halides is 3. The molecule has 35 heavy (non-hydrogen) atoms. The van der Waals surface area contributed by atoms with Crippen LogP contribution in [-0.2, 0) is 37.0 Å².